The van der Waals surface area contributed by atoms with Crippen molar-refractivity contribution >= 4 is 17.6 Å². The van der Waals surface area contributed by atoms with Crippen molar-refractivity contribution in [3.05, 3.63) is 36.4 Å². The number of ether oxygens (including phenoxy) is 1. The Morgan fingerprint density at radius 1 is 1.10 bits per heavy atom. The largest absolute Gasteiger partial charge is 0.506 e. The lowest BCUT2D eigenvalue weighted by Gasteiger charge is -2.21. The standard InChI is InChI=1S/C14H13NO5/c16-8-4-2-1-3-7(8)15-13(17)11-9-5-6-10(20-9)12(11)14(18)19/h1-6,9-12,16H,(H,15,17)(H,18,19)/t9-,10-,11-,12+/m1/s1. The number of rotatable bonds is 3. The van der Waals surface area contributed by atoms with E-state index in [1.165, 1.54) is 6.07 Å². The van der Waals surface area contributed by atoms with Crippen molar-refractivity contribution < 1.29 is 24.5 Å². The van der Waals surface area contributed by atoms with Crippen molar-refractivity contribution in [2.24, 2.45) is 11.8 Å². The molecule has 0 aromatic heterocycles. The summed E-state index contributed by atoms with van der Waals surface area (Å²) in [5, 5.41) is 21.4. The second kappa shape index (κ2) is 4.64. The predicted molar refractivity (Wildman–Crippen MR) is 69.2 cm³/mol. The Labute approximate surface area is 114 Å². The van der Waals surface area contributed by atoms with E-state index in [-0.39, 0.29) is 11.4 Å². The lowest BCUT2D eigenvalue weighted by Crippen LogP contribution is -2.39. The van der Waals surface area contributed by atoms with E-state index < -0.39 is 35.9 Å². The zero-order valence-electron chi connectivity index (χ0n) is 10.4. The van der Waals surface area contributed by atoms with E-state index in [1.807, 2.05) is 0 Å². The van der Waals surface area contributed by atoms with Crippen molar-refractivity contribution in [3.63, 3.8) is 0 Å². The van der Waals surface area contributed by atoms with Gasteiger partial charge in [0, 0.05) is 0 Å². The van der Waals surface area contributed by atoms with Crippen LogP contribution in [0.1, 0.15) is 0 Å². The van der Waals surface area contributed by atoms with Crippen LogP contribution in [0.5, 0.6) is 5.75 Å². The van der Waals surface area contributed by atoms with Gasteiger partial charge in [-0.1, -0.05) is 24.3 Å². The first-order chi connectivity index (χ1) is 9.58. The number of phenols is 1. The first-order valence-corrected chi connectivity index (χ1v) is 6.23. The molecule has 0 unspecified atom stereocenters. The molecule has 6 heteroatoms. The topological polar surface area (TPSA) is 95.9 Å². The van der Waals surface area contributed by atoms with Crippen molar-refractivity contribution in [3.8, 4) is 5.75 Å². The molecular weight excluding hydrogens is 262 g/mol. The molecular formula is C14H13NO5. The van der Waals surface area contributed by atoms with E-state index in [9.17, 15) is 19.8 Å². The summed E-state index contributed by atoms with van der Waals surface area (Å²) in [5.74, 6) is -3.26. The molecule has 3 rings (SSSR count). The SMILES string of the molecule is O=C(O)[C@@H]1[C@H](C(=O)Nc2ccccc2O)[C@H]2C=C[C@H]1O2. The zero-order valence-corrected chi connectivity index (χ0v) is 10.4. The third kappa shape index (κ3) is 1.94. The second-order valence-electron chi connectivity index (χ2n) is 4.85. The minimum Gasteiger partial charge on any atom is -0.506 e. The number of anilines is 1. The molecule has 0 saturated carbocycles. The molecule has 2 aliphatic rings. The monoisotopic (exact) mass is 275 g/mol. The van der Waals surface area contributed by atoms with E-state index in [1.54, 1.807) is 30.4 Å². The van der Waals surface area contributed by atoms with Crippen LogP contribution in [0, 0.1) is 11.8 Å². The molecule has 2 bridgehead atoms. The number of para-hydroxylation sites is 2. The second-order valence-corrected chi connectivity index (χ2v) is 4.85. The van der Waals surface area contributed by atoms with Crippen LogP contribution in [0.2, 0.25) is 0 Å². The molecule has 20 heavy (non-hydrogen) atoms. The number of carboxylic acid groups (broad SMARTS) is 1. The number of benzene rings is 1. The van der Waals surface area contributed by atoms with Gasteiger partial charge in [0.25, 0.3) is 0 Å². The van der Waals surface area contributed by atoms with Gasteiger partial charge in [-0.2, -0.15) is 0 Å². The van der Waals surface area contributed by atoms with Gasteiger partial charge in [0.1, 0.15) is 11.7 Å². The Balaban J connectivity index is 1.82. The summed E-state index contributed by atoms with van der Waals surface area (Å²) in [6, 6.07) is 6.30. The fourth-order valence-electron chi connectivity index (χ4n) is 2.71. The highest BCUT2D eigenvalue weighted by Gasteiger charge is 2.53. The molecule has 2 aliphatic heterocycles. The molecule has 0 spiro atoms. The summed E-state index contributed by atoms with van der Waals surface area (Å²) < 4.78 is 5.43. The molecule has 3 N–H and O–H groups in total. The molecule has 6 nitrogen and oxygen atoms in total. The van der Waals surface area contributed by atoms with Crippen molar-refractivity contribution in [1.82, 2.24) is 0 Å². The van der Waals surface area contributed by atoms with Crippen LogP contribution < -0.4 is 5.32 Å². The summed E-state index contributed by atoms with van der Waals surface area (Å²) in [7, 11) is 0. The lowest BCUT2D eigenvalue weighted by atomic mass is 9.82. The van der Waals surface area contributed by atoms with Gasteiger partial charge in [-0.25, -0.2) is 0 Å². The number of aromatic hydroxyl groups is 1. The molecule has 1 aromatic carbocycles. The van der Waals surface area contributed by atoms with Crippen molar-refractivity contribution in [2.75, 3.05) is 5.32 Å². The van der Waals surface area contributed by atoms with Crippen LogP contribution in [0.4, 0.5) is 5.69 Å². The average Bonchev–Trinajstić information content (AvgIpc) is 3.01. The molecule has 0 aliphatic carbocycles. The Hall–Kier alpha value is -2.34. The number of nitrogens with one attached hydrogen (secondary N) is 1. The quantitative estimate of drug-likeness (QED) is 0.564. The zero-order chi connectivity index (χ0) is 14.3. The van der Waals surface area contributed by atoms with Crippen LogP contribution in [0.15, 0.2) is 36.4 Å². The fraction of sp³-hybridized carbons (Fsp3) is 0.286. The third-order valence-electron chi connectivity index (χ3n) is 3.65. The number of carbonyl (C=O) groups excluding carboxylic acids is 1. The predicted octanol–water partition coefficient (Wildman–Crippen LogP) is 0.985. The first kappa shape index (κ1) is 12.7. The van der Waals surface area contributed by atoms with Gasteiger partial charge >= 0.3 is 5.97 Å². The van der Waals surface area contributed by atoms with Crippen molar-refractivity contribution in [1.29, 1.82) is 0 Å². The maximum Gasteiger partial charge on any atom is 0.310 e. The molecule has 2 heterocycles. The van der Waals surface area contributed by atoms with Gasteiger partial charge in [0.15, 0.2) is 0 Å². The summed E-state index contributed by atoms with van der Waals surface area (Å²) in [4.78, 5) is 23.6. The molecule has 1 saturated heterocycles. The normalized spacial score (nSPS) is 30.4. The number of aliphatic carboxylic acids is 1. The Morgan fingerprint density at radius 3 is 2.40 bits per heavy atom. The molecule has 1 aromatic rings. The molecule has 4 atom stereocenters. The number of hydrogen-bond donors (Lipinski definition) is 3. The van der Waals surface area contributed by atoms with E-state index in [0.29, 0.717) is 0 Å². The van der Waals surface area contributed by atoms with Crippen LogP contribution in [0.25, 0.3) is 0 Å². The number of hydrogen-bond acceptors (Lipinski definition) is 4. The van der Waals surface area contributed by atoms with Crippen LogP contribution in [-0.4, -0.2) is 34.3 Å². The maximum absolute atomic E-state index is 12.3. The van der Waals surface area contributed by atoms with Gasteiger partial charge < -0.3 is 20.3 Å². The van der Waals surface area contributed by atoms with E-state index in [0.717, 1.165) is 0 Å². The molecule has 0 radical (unpaired) electrons. The highest BCUT2D eigenvalue weighted by molar-refractivity contribution is 5.97. The summed E-state index contributed by atoms with van der Waals surface area (Å²) in [5.41, 5.74) is 0.258. The lowest BCUT2D eigenvalue weighted by molar-refractivity contribution is -0.145. The summed E-state index contributed by atoms with van der Waals surface area (Å²) in [6.07, 6.45) is 2.30. The minimum absolute atomic E-state index is 0.0626. The summed E-state index contributed by atoms with van der Waals surface area (Å²) >= 11 is 0. The third-order valence-corrected chi connectivity index (χ3v) is 3.65. The van der Waals surface area contributed by atoms with Gasteiger partial charge in [-0.3, -0.25) is 9.59 Å². The van der Waals surface area contributed by atoms with E-state index in [2.05, 4.69) is 5.32 Å². The molecule has 1 fully saturated rings. The smallest absolute Gasteiger partial charge is 0.310 e. The highest BCUT2D eigenvalue weighted by Crippen LogP contribution is 2.40. The van der Waals surface area contributed by atoms with Crippen LogP contribution in [-0.2, 0) is 14.3 Å². The van der Waals surface area contributed by atoms with Gasteiger partial charge in [0.2, 0.25) is 5.91 Å². The van der Waals surface area contributed by atoms with Crippen molar-refractivity contribution in [2.45, 2.75) is 12.2 Å². The summed E-state index contributed by atoms with van der Waals surface area (Å²) in [6.45, 7) is 0. The van der Waals surface area contributed by atoms with E-state index >= 15 is 0 Å². The van der Waals surface area contributed by atoms with E-state index in [4.69, 9.17) is 4.74 Å². The minimum atomic E-state index is -1.06. The highest BCUT2D eigenvalue weighted by atomic mass is 16.5. The van der Waals surface area contributed by atoms with Crippen LogP contribution >= 0.6 is 0 Å². The Kier molecular flexibility index (Phi) is 2.94. The number of fused-ring (bicyclic) bond motifs is 2. The van der Waals surface area contributed by atoms with Gasteiger partial charge in [0.05, 0.1) is 23.8 Å². The number of phenolic OH excluding ortho intramolecular Hbond substituents is 1. The first-order valence-electron chi connectivity index (χ1n) is 6.23. The number of carbonyl (C=O) groups is 2. The molecule has 1 amide bonds. The average molecular weight is 275 g/mol. The molecule has 104 valence electrons. The van der Waals surface area contributed by atoms with Gasteiger partial charge in [-0.05, 0) is 12.1 Å². The number of carboxylic acids is 1. The fourth-order valence-corrected chi connectivity index (χ4v) is 2.71. The van der Waals surface area contributed by atoms with Crippen LogP contribution in [0.3, 0.4) is 0 Å². The Bertz CT molecular complexity index is 597. The Morgan fingerprint density at radius 2 is 1.75 bits per heavy atom. The number of amides is 1. The van der Waals surface area contributed by atoms with Gasteiger partial charge in [-0.15, -0.1) is 0 Å². The maximum atomic E-state index is 12.3.